The Balaban J connectivity index is 1.63. The summed E-state index contributed by atoms with van der Waals surface area (Å²) in [4.78, 5) is 38.4. The molecule has 6 heteroatoms. The van der Waals surface area contributed by atoms with Gasteiger partial charge in [-0.15, -0.1) is 0 Å². The van der Waals surface area contributed by atoms with E-state index in [2.05, 4.69) is 10.9 Å². The van der Waals surface area contributed by atoms with Crippen LogP contribution in [0.2, 0.25) is 0 Å². The zero-order chi connectivity index (χ0) is 18.7. The minimum Gasteiger partial charge on any atom is -0.311 e. The van der Waals surface area contributed by atoms with Gasteiger partial charge < -0.3 is 4.90 Å². The largest absolute Gasteiger partial charge is 0.311 e. The number of carbonyl (C=O) groups excluding carboxylic acids is 3. The van der Waals surface area contributed by atoms with E-state index in [1.165, 1.54) is 0 Å². The topological polar surface area (TPSA) is 78.5 Å². The lowest BCUT2D eigenvalue weighted by Crippen LogP contribution is -2.45. The molecule has 1 aliphatic heterocycles. The third kappa shape index (κ3) is 3.59. The Labute approximate surface area is 152 Å². The highest BCUT2D eigenvalue weighted by atomic mass is 16.2. The molecule has 2 aromatic carbocycles. The summed E-state index contributed by atoms with van der Waals surface area (Å²) in [6.45, 7) is 4.20. The average molecular weight is 351 g/mol. The van der Waals surface area contributed by atoms with Gasteiger partial charge in [-0.05, 0) is 37.1 Å². The van der Waals surface area contributed by atoms with Crippen molar-refractivity contribution >= 4 is 23.4 Å². The molecule has 0 radical (unpaired) electrons. The quantitative estimate of drug-likeness (QED) is 0.832. The number of benzene rings is 2. The van der Waals surface area contributed by atoms with Crippen LogP contribution in [0.25, 0.3) is 0 Å². The maximum Gasteiger partial charge on any atom is 0.269 e. The van der Waals surface area contributed by atoms with Crippen molar-refractivity contribution in [3.05, 3.63) is 65.2 Å². The highest BCUT2D eigenvalue weighted by Crippen LogP contribution is 2.30. The SMILES string of the molecule is Cc1cccc(C)c1N1C[C@@H](C(=O)NNC(=O)c2ccccc2)CC1=O. The fourth-order valence-corrected chi connectivity index (χ4v) is 3.21. The number of aryl methyl sites for hydroxylation is 2. The first kappa shape index (κ1) is 17.7. The standard InChI is InChI=1S/C20H21N3O3/c1-13-7-6-8-14(2)18(13)23-12-16(11-17(23)24)20(26)22-21-19(25)15-9-4-3-5-10-15/h3-10,16H,11-12H2,1-2H3,(H,21,25)(H,22,26)/t16-/m0/s1. The van der Waals surface area contributed by atoms with Gasteiger partial charge in [0.25, 0.3) is 5.91 Å². The van der Waals surface area contributed by atoms with Crippen LogP contribution >= 0.6 is 0 Å². The molecule has 0 bridgehead atoms. The molecule has 0 aliphatic carbocycles. The van der Waals surface area contributed by atoms with E-state index in [0.717, 1.165) is 16.8 Å². The molecule has 26 heavy (non-hydrogen) atoms. The molecule has 2 aromatic rings. The van der Waals surface area contributed by atoms with Crippen molar-refractivity contribution in [2.24, 2.45) is 5.92 Å². The van der Waals surface area contributed by atoms with Crippen molar-refractivity contribution in [1.29, 1.82) is 0 Å². The lowest BCUT2D eigenvalue weighted by Gasteiger charge is -2.21. The van der Waals surface area contributed by atoms with E-state index in [-0.39, 0.29) is 18.2 Å². The zero-order valence-electron chi connectivity index (χ0n) is 14.8. The Morgan fingerprint density at radius 3 is 2.27 bits per heavy atom. The average Bonchev–Trinajstić information content (AvgIpc) is 3.01. The molecule has 1 fully saturated rings. The van der Waals surface area contributed by atoms with Crippen molar-refractivity contribution in [3.63, 3.8) is 0 Å². The van der Waals surface area contributed by atoms with E-state index in [1.807, 2.05) is 38.1 Å². The van der Waals surface area contributed by atoms with Crippen LogP contribution in [-0.4, -0.2) is 24.3 Å². The molecule has 1 saturated heterocycles. The maximum atomic E-state index is 12.4. The van der Waals surface area contributed by atoms with Gasteiger partial charge in [-0.2, -0.15) is 0 Å². The number of anilines is 1. The first-order valence-electron chi connectivity index (χ1n) is 8.49. The smallest absolute Gasteiger partial charge is 0.269 e. The number of amides is 3. The molecule has 0 aromatic heterocycles. The molecule has 0 spiro atoms. The lowest BCUT2D eigenvalue weighted by molar-refractivity contribution is -0.126. The molecular formula is C20H21N3O3. The Bertz CT molecular complexity index is 828. The summed E-state index contributed by atoms with van der Waals surface area (Å²) in [6.07, 6.45) is 0.126. The summed E-state index contributed by atoms with van der Waals surface area (Å²) in [6, 6.07) is 14.4. The van der Waals surface area contributed by atoms with E-state index in [9.17, 15) is 14.4 Å². The summed E-state index contributed by atoms with van der Waals surface area (Å²) in [5, 5.41) is 0. The van der Waals surface area contributed by atoms with Crippen LogP contribution in [0.5, 0.6) is 0 Å². The Morgan fingerprint density at radius 2 is 1.62 bits per heavy atom. The van der Waals surface area contributed by atoms with Crippen molar-refractivity contribution < 1.29 is 14.4 Å². The Morgan fingerprint density at radius 1 is 0.962 bits per heavy atom. The van der Waals surface area contributed by atoms with Crippen LogP contribution in [0, 0.1) is 19.8 Å². The molecular weight excluding hydrogens is 330 g/mol. The lowest BCUT2D eigenvalue weighted by atomic mass is 10.1. The summed E-state index contributed by atoms with van der Waals surface area (Å²) >= 11 is 0. The van der Waals surface area contributed by atoms with Crippen LogP contribution in [0.15, 0.2) is 48.5 Å². The van der Waals surface area contributed by atoms with Gasteiger partial charge in [0.05, 0.1) is 5.92 Å². The van der Waals surface area contributed by atoms with Crippen LogP contribution in [0.4, 0.5) is 5.69 Å². The molecule has 1 atom stereocenters. The monoisotopic (exact) mass is 351 g/mol. The number of rotatable bonds is 3. The van der Waals surface area contributed by atoms with Gasteiger partial charge in [0.15, 0.2) is 0 Å². The van der Waals surface area contributed by atoms with E-state index < -0.39 is 11.8 Å². The first-order valence-corrected chi connectivity index (χ1v) is 8.49. The molecule has 1 aliphatic rings. The summed E-state index contributed by atoms with van der Waals surface area (Å²) < 4.78 is 0. The van der Waals surface area contributed by atoms with Gasteiger partial charge in [0.2, 0.25) is 11.8 Å². The number of hydrogen-bond donors (Lipinski definition) is 2. The number of nitrogens with zero attached hydrogens (tertiary/aromatic N) is 1. The second-order valence-corrected chi connectivity index (χ2v) is 6.46. The summed E-state index contributed by atoms with van der Waals surface area (Å²) in [5.41, 5.74) is 8.13. The fraction of sp³-hybridized carbons (Fsp3) is 0.250. The van der Waals surface area contributed by atoms with E-state index in [0.29, 0.717) is 12.1 Å². The fourth-order valence-electron chi connectivity index (χ4n) is 3.21. The van der Waals surface area contributed by atoms with E-state index >= 15 is 0 Å². The predicted molar refractivity (Wildman–Crippen MR) is 98.4 cm³/mol. The molecule has 0 saturated carbocycles. The third-order valence-corrected chi connectivity index (χ3v) is 4.54. The molecule has 134 valence electrons. The van der Waals surface area contributed by atoms with Crippen LogP contribution < -0.4 is 15.8 Å². The highest BCUT2D eigenvalue weighted by Gasteiger charge is 2.36. The zero-order valence-corrected chi connectivity index (χ0v) is 14.8. The van der Waals surface area contributed by atoms with Gasteiger partial charge in [-0.1, -0.05) is 36.4 Å². The normalized spacial score (nSPS) is 16.5. The molecule has 6 nitrogen and oxygen atoms in total. The summed E-state index contributed by atoms with van der Waals surface area (Å²) in [7, 11) is 0. The number of nitrogens with one attached hydrogen (secondary N) is 2. The highest BCUT2D eigenvalue weighted by molar-refractivity contribution is 6.02. The Hall–Kier alpha value is -3.15. The molecule has 1 heterocycles. The van der Waals surface area contributed by atoms with E-state index in [1.54, 1.807) is 29.2 Å². The van der Waals surface area contributed by atoms with Gasteiger partial charge in [0, 0.05) is 24.2 Å². The maximum absolute atomic E-state index is 12.4. The second kappa shape index (κ2) is 7.39. The van der Waals surface area contributed by atoms with Crippen molar-refractivity contribution in [3.8, 4) is 0 Å². The third-order valence-electron chi connectivity index (χ3n) is 4.54. The minimum atomic E-state index is -0.502. The number of hydrogen-bond acceptors (Lipinski definition) is 3. The molecule has 3 rings (SSSR count). The van der Waals surface area contributed by atoms with Crippen molar-refractivity contribution in [1.82, 2.24) is 10.9 Å². The Kier molecular flexibility index (Phi) is 5.02. The minimum absolute atomic E-state index is 0.0862. The second-order valence-electron chi connectivity index (χ2n) is 6.46. The van der Waals surface area contributed by atoms with Gasteiger partial charge >= 0.3 is 0 Å². The van der Waals surface area contributed by atoms with Crippen molar-refractivity contribution in [2.45, 2.75) is 20.3 Å². The van der Waals surface area contributed by atoms with Gasteiger partial charge in [0.1, 0.15) is 0 Å². The predicted octanol–water partition coefficient (Wildman–Crippen LogP) is 2.12. The van der Waals surface area contributed by atoms with Crippen LogP contribution in [0.1, 0.15) is 27.9 Å². The van der Waals surface area contributed by atoms with Crippen LogP contribution in [-0.2, 0) is 9.59 Å². The van der Waals surface area contributed by atoms with Gasteiger partial charge in [-0.3, -0.25) is 25.2 Å². The first-order chi connectivity index (χ1) is 12.5. The summed E-state index contributed by atoms with van der Waals surface area (Å²) in [5.74, 6) is -1.35. The molecule has 0 unspecified atom stereocenters. The number of para-hydroxylation sites is 1. The number of hydrazine groups is 1. The molecule has 3 amide bonds. The molecule has 2 N–H and O–H groups in total. The number of carbonyl (C=O) groups is 3. The van der Waals surface area contributed by atoms with Crippen molar-refractivity contribution in [2.75, 3.05) is 11.4 Å². The van der Waals surface area contributed by atoms with E-state index in [4.69, 9.17) is 0 Å². The van der Waals surface area contributed by atoms with Gasteiger partial charge in [-0.25, -0.2) is 0 Å². The van der Waals surface area contributed by atoms with Crippen LogP contribution in [0.3, 0.4) is 0 Å².